The Morgan fingerprint density at radius 1 is 1.57 bits per heavy atom. The first kappa shape index (κ1) is 15.7. The summed E-state index contributed by atoms with van der Waals surface area (Å²) in [6, 6.07) is 0. The molecule has 0 aromatic heterocycles. The number of aliphatic hydroxyl groups excluding tert-OH is 1. The second kappa shape index (κ2) is 16.4. The molecule has 3 nitrogen and oxygen atoms in total. The van der Waals surface area contributed by atoms with E-state index in [1.165, 1.54) is 0 Å². The third-order valence-electron chi connectivity index (χ3n) is 0. The van der Waals surface area contributed by atoms with Crippen molar-refractivity contribution in [1.29, 1.82) is 0 Å². The smallest absolute Gasteiger partial charge is 0.550 e. The topological polar surface area (TPSA) is 60.4 Å². The van der Waals surface area contributed by atoms with Crippen molar-refractivity contribution in [3.05, 3.63) is 0 Å². The van der Waals surface area contributed by atoms with Gasteiger partial charge >= 0.3 is 22.4 Å². The van der Waals surface area contributed by atoms with Crippen LogP contribution >= 0.6 is 0 Å². The van der Waals surface area contributed by atoms with Crippen LogP contribution in [0.3, 0.4) is 0 Å². The standard InChI is InChI=1S/C2H4O2.CH4O.Ag/c1-2(3)4;1-2;/h1H3,(H,3,4);2H,1H3;/q;;+1/p-1. The fourth-order valence-electron chi connectivity index (χ4n) is 0. The average Bonchev–Trinajstić information content (AvgIpc) is 1.41. The molecule has 1 N–H and O–H groups in total. The van der Waals surface area contributed by atoms with Crippen molar-refractivity contribution in [3.63, 3.8) is 0 Å². The van der Waals surface area contributed by atoms with E-state index in [9.17, 15) is 0 Å². The Hall–Kier alpha value is 0.170. The molecule has 0 bridgehead atoms. The third-order valence-corrected chi connectivity index (χ3v) is 0. The van der Waals surface area contributed by atoms with Gasteiger partial charge in [-0.15, -0.1) is 0 Å². The predicted octanol–water partition coefficient (Wildman–Crippen LogP) is -1.64. The summed E-state index contributed by atoms with van der Waals surface area (Å²) in [7, 11) is 1.00. The third kappa shape index (κ3) is 3700. The van der Waals surface area contributed by atoms with Crippen LogP contribution < -0.4 is 5.11 Å². The van der Waals surface area contributed by atoms with Gasteiger partial charge in [-0.25, -0.2) is 0 Å². The minimum atomic E-state index is -1.08. The van der Waals surface area contributed by atoms with Crippen LogP contribution in [0.1, 0.15) is 6.92 Å². The maximum Gasteiger partial charge on any atom is 1.00 e. The molecule has 48 valence electrons. The average molecular weight is 199 g/mol. The summed E-state index contributed by atoms with van der Waals surface area (Å²) in [5.74, 6) is -1.08. The van der Waals surface area contributed by atoms with E-state index in [2.05, 4.69) is 0 Å². The molecule has 0 unspecified atom stereocenters. The second-order valence-electron chi connectivity index (χ2n) is 0.492. The van der Waals surface area contributed by atoms with Gasteiger partial charge in [0.25, 0.3) is 0 Å². The summed E-state index contributed by atoms with van der Waals surface area (Å²) >= 11 is 0. The van der Waals surface area contributed by atoms with Crippen molar-refractivity contribution >= 4 is 5.97 Å². The number of carboxylic acid groups (broad SMARTS) is 1. The molecule has 7 heavy (non-hydrogen) atoms. The van der Waals surface area contributed by atoms with Gasteiger partial charge in [-0.05, 0) is 6.92 Å². The fraction of sp³-hybridized carbons (Fsp3) is 0.667. The Morgan fingerprint density at radius 3 is 1.57 bits per heavy atom. The first-order chi connectivity index (χ1) is 2.73. The Balaban J connectivity index is -0.0000000480. The van der Waals surface area contributed by atoms with E-state index in [0.29, 0.717) is 0 Å². The zero-order chi connectivity index (χ0) is 5.58. The van der Waals surface area contributed by atoms with E-state index in [0.717, 1.165) is 14.0 Å². The van der Waals surface area contributed by atoms with Gasteiger partial charge in [0.2, 0.25) is 0 Å². The molecule has 4 heteroatoms. The number of hydrogen-bond donors (Lipinski definition) is 1. The van der Waals surface area contributed by atoms with Crippen molar-refractivity contribution < 1.29 is 37.4 Å². The second-order valence-corrected chi connectivity index (χ2v) is 0.492. The monoisotopic (exact) mass is 198 g/mol. The van der Waals surface area contributed by atoms with E-state index in [1.54, 1.807) is 0 Å². The summed E-state index contributed by atoms with van der Waals surface area (Å²) in [5, 5.41) is 15.9. The predicted molar refractivity (Wildman–Crippen MR) is 18.8 cm³/mol. The molecule has 0 radical (unpaired) electrons. The number of hydrogen-bond acceptors (Lipinski definition) is 3. The Bertz CT molecular complexity index is 33.2. The van der Waals surface area contributed by atoms with Crippen LogP contribution in [0.4, 0.5) is 0 Å². The molecule has 0 aliphatic heterocycles. The quantitative estimate of drug-likeness (QED) is 0.476. The first-order valence-corrected chi connectivity index (χ1v) is 1.36. The number of aliphatic hydroxyl groups is 1. The van der Waals surface area contributed by atoms with Crippen LogP contribution in [0.5, 0.6) is 0 Å². The minimum absolute atomic E-state index is 0. The van der Waals surface area contributed by atoms with Crippen LogP contribution in [-0.2, 0) is 27.2 Å². The molecule has 0 atom stereocenters. The van der Waals surface area contributed by atoms with Crippen molar-refractivity contribution in [3.8, 4) is 0 Å². The molecular formula is C3H7AgO3. The molecule has 0 spiro atoms. The summed E-state index contributed by atoms with van der Waals surface area (Å²) in [6.07, 6.45) is 0. The summed E-state index contributed by atoms with van der Waals surface area (Å²) in [6.45, 7) is 0.972. The molecular weight excluding hydrogens is 192 g/mol. The van der Waals surface area contributed by atoms with Gasteiger partial charge in [-0.1, -0.05) is 0 Å². The van der Waals surface area contributed by atoms with Crippen molar-refractivity contribution in [2.45, 2.75) is 6.92 Å². The first-order valence-electron chi connectivity index (χ1n) is 1.36. The molecule has 0 aromatic carbocycles. The SMILES string of the molecule is CC(=O)[O-].CO.[Ag+]. The van der Waals surface area contributed by atoms with Gasteiger partial charge in [0, 0.05) is 13.1 Å². The van der Waals surface area contributed by atoms with Gasteiger partial charge in [-0.2, -0.15) is 0 Å². The molecule has 0 aliphatic rings. The van der Waals surface area contributed by atoms with Crippen LogP contribution in [-0.4, -0.2) is 18.2 Å². The van der Waals surface area contributed by atoms with Gasteiger partial charge in [-0.3, -0.25) is 0 Å². The number of rotatable bonds is 0. The zero-order valence-electron chi connectivity index (χ0n) is 4.07. The van der Waals surface area contributed by atoms with Crippen LogP contribution in [0, 0.1) is 0 Å². The largest absolute Gasteiger partial charge is 1.00 e. The van der Waals surface area contributed by atoms with Crippen LogP contribution in [0.25, 0.3) is 0 Å². The molecule has 0 rings (SSSR count). The summed E-state index contributed by atoms with van der Waals surface area (Å²) < 4.78 is 0. The van der Waals surface area contributed by atoms with Crippen molar-refractivity contribution in [2.24, 2.45) is 0 Å². The molecule has 0 fully saturated rings. The number of carbonyl (C=O) groups is 1. The maximum atomic E-state index is 8.89. The normalized spacial score (nSPS) is 4.43. The van der Waals surface area contributed by atoms with Crippen molar-refractivity contribution in [1.82, 2.24) is 0 Å². The Morgan fingerprint density at radius 2 is 1.57 bits per heavy atom. The molecule has 0 saturated heterocycles. The number of carboxylic acids is 1. The fourth-order valence-corrected chi connectivity index (χ4v) is 0. The molecule has 0 aromatic rings. The Labute approximate surface area is 57.9 Å². The van der Waals surface area contributed by atoms with E-state index >= 15 is 0 Å². The van der Waals surface area contributed by atoms with Crippen LogP contribution in [0.2, 0.25) is 0 Å². The maximum absolute atomic E-state index is 8.89. The Kier molecular flexibility index (Phi) is 36.8. The van der Waals surface area contributed by atoms with Gasteiger partial charge in [0.05, 0.1) is 0 Å². The number of aliphatic carboxylic acids is 1. The molecule has 0 amide bonds. The molecule has 0 saturated carbocycles. The summed E-state index contributed by atoms with van der Waals surface area (Å²) in [4.78, 5) is 8.89. The van der Waals surface area contributed by atoms with Gasteiger partial charge in [0.1, 0.15) is 0 Å². The molecule has 0 heterocycles. The van der Waals surface area contributed by atoms with Crippen molar-refractivity contribution in [2.75, 3.05) is 7.11 Å². The molecule has 0 aliphatic carbocycles. The minimum Gasteiger partial charge on any atom is -0.550 e. The van der Waals surface area contributed by atoms with Crippen LogP contribution in [0.15, 0.2) is 0 Å². The summed E-state index contributed by atoms with van der Waals surface area (Å²) in [5.41, 5.74) is 0. The van der Waals surface area contributed by atoms with Gasteiger partial charge in [0.15, 0.2) is 0 Å². The van der Waals surface area contributed by atoms with E-state index in [-0.39, 0.29) is 22.4 Å². The number of carbonyl (C=O) groups excluding carboxylic acids is 1. The van der Waals surface area contributed by atoms with E-state index in [4.69, 9.17) is 15.0 Å². The zero-order valence-corrected chi connectivity index (χ0v) is 5.55. The van der Waals surface area contributed by atoms with E-state index < -0.39 is 5.97 Å². The van der Waals surface area contributed by atoms with Gasteiger partial charge < -0.3 is 15.0 Å². The van der Waals surface area contributed by atoms with E-state index in [1.807, 2.05) is 0 Å².